The van der Waals surface area contributed by atoms with Crippen LogP contribution in [0, 0.1) is 24.1 Å². The Labute approximate surface area is 131 Å². The second kappa shape index (κ2) is 4.92. The molecule has 2 aromatic heterocycles. The highest BCUT2D eigenvalue weighted by Gasteiger charge is 2.16. The predicted molar refractivity (Wildman–Crippen MR) is 86.4 cm³/mol. The fraction of sp³-hybridized carbons (Fsp3) is 0.0526. The first-order valence-corrected chi connectivity index (χ1v) is 7.16. The molecule has 23 heavy (non-hydrogen) atoms. The van der Waals surface area contributed by atoms with Crippen LogP contribution in [0.3, 0.4) is 0 Å². The van der Waals surface area contributed by atoms with E-state index in [0.29, 0.717) is 11.2 Å². The smallest absolute Gasteiger partial charge is 0.156 e. The highest BCUT2D eigenvalue weighted by molar-refractivity contribution is 6.08. The van der Waals surface area contributed by atoms with Crippen molar-refractivity contribution in [3.8, 4) is 17.3 Å². The van der Waals surface area contributed by atoms with E-state index in [9.17, 15) is 4.39 Å². The molecule has 0 spiro atoms. The van der Waals surface area contributed by atoms with Gasteiger partial charge in [-0.15, -0.1) is 0 Å². The normalized spacial score (nSPS) is 11.0. The maximum absolute atomic E-state index is 13.8. The van der Waals surface area contributed by atoms with E-state index in [1.807, 2.05) is 43.3 Å². The molecule has 0 saturated carbocycles. The summed E-state index contributed by atoms with van der Waals surface area (Å²) in [5.74, 6) is -0.569. The molecule has 2 aromatic carbocycles. The zero-order valence-corrected chi connectivity index (χ0v) is 12.3. The molecule has 110 valence electrons. The largest absolute Gasteiger partial charge is 0.455 e. The van der Waals surface area contributed by atoms with Gasteiger partial charge in [0.15, 0.2) is 5.58 Å². The second-order valence-electron chi connectivity index (χ2n) is 5.39. The number of pyridine rings is 1. The van der Waals surface area contributed by atoms with Crippen LogP contribution in [0.2, 0.25) is 0 Å². The van der Waals surface area contributed by atoms with Crippen LogP contribution in [0.25, 0.3) is 33.2 Å². The van der Waals surface area contributed by atoms with Crippen molar-refractivity contribution < 1.29 is 8.81 Å². The van der Waals surface area contributed by atoms with E-state index in [4.69, 9.17) is 9.68 Å². The lowest BCUT2D eigenvalue weighted by atomic mass is 10.0. The van der Waals surface area contributed by atoms with E-state index in [0.717, 1.165) is 27.6 Å². The van der Waals surface area contributed by atoms with Gasteiger partial charge < -0.3 is 4.42 Å². The van der Waals surface area contributed by atoms with Crippen molar-refractivity contribution in [2.75, 3.05) is 0 Å². The van der Waals surface area contributed by atoms with Crippen molar-refractivity contribution in [3.05, 3.63) is 65.6 Å². The van der Waals surface area contributed by atoms with E-state index in [2.05, 4.69) is 4.98 Å². The summed E-state index contributed by atoms with van der Waals surface area (Å²) >= 11 is 0. The Balaban J connectivity index is 2.09. The molecule has 0 aliphatic heterocycles. The molecule has 4 rings (SSSR count). The van der Waals surface area contributed by atoms with E-state index >= 15 is 0 Å². The number of halogens is 1. The third-order valence-corrected chi connectivity index (χ3v) is 3.99. The zero-order valence-electron chi connectivity index (χ0n) is 12.3. The van der Waals surface area contributed by atoms with Gasteiger partial charge in [0.05, 0.1) is 5.69 Å². The Bertz CT molecular complexity index is 1090. The maximum Gasteiger partial charge on any atom is 0.156 e. The van der Waals surface area contributed by atoms with Crippen molar-refractivity contribution >= 4 is 21.9 Å². The Kier molecular flexibility index (Phi) is 2.88. The molecule has 0 fully saturated rings. The molecular formula is C19H11FN2O. The predicted octanol–water partition coefficient (Wildman–Crippen LogP) is 4.97. The van der Waals surface area contributed by atoms with Gasteiger partial charge >= 0.3 is 0 Å². The van der Waals surface area contributed by atoms with Crippen LogP contribution in [0.5, 0.6) is 0 Å². The third-order valence-electron chi connectivity index (χ3n) is 3.99. The zero-order chi connectivity index (χ0) is 16.0. The summed E-state index contributed by atoms with van der Waals surface area (Å²) in [5.41, 5.74) is 3.73. The van der Waals surface area contributed by atoms with Crippen molar-refractivity contribution in [1.82, 2.24) is 4.98 Å². The average Bonchev–Trinajstić information content (AvgIpc) is 2.92. The fourth-order valence-electron chi connectivity index (χ4n) is 2.87. The van der Waals surface area contributed by atoms with E-state index in [1.54, 1.807) is 12.3 Å². The van der Waals surface area contributed by atoms with Crippen LogP contribution >= 0.6 is 0 Å². The van der Waals surface area contributed by atoms with E-state index < -0.39 is 5.82 Å². The molecular weight excluding hydrogens is 291 g/mol. The van der Waals surface area contributed by atoms with Crippen molar-refractivity contribution in [1.29, 1.82) is 5.26 Å². The molecule has 0 amide bonds. The Morgan fingerprint density at radius 1 is 1.13 bits per heavy atom. The quantitative estimate of drug-likeness (QED) is 0.499. The Morgan fingerprint density at radius 3 is 2.74 bits per heavy atom. The molecule has 0 atom stereocenters. The first kappa shape index (κ1) is 13.5. The van der Waals surface area contributed by atoms with Gasteiger partial charge in [0.2, 0.25) is 0 Å². The first-order valence-electron chi connectivity index (χ1n) is 7.16. The molecule has 0 N–H and O–H groups in total. The van der Waals surface area contributed by atoms with Crippen LogP contribution in [0.15, 0.2) is 53.1 Å². The topological polar surface area (TPSA) is 49.8 Å². The molecule has 2 heterocycles. The summed E-state index contributed by atoms with van der Waals surface area (Å²) < 4.78 is 19.5. The van der Waals surface area contributed by atoms with Crippen LogP contribution < -0.4 is 0 Å². The number of furan rings is 1. The third kappa shape index (κ3) is 1.98. The molecule has 0 aliphatic rings. The average molecular weight is 302 g/mol. The number of aryl methyl sites for hydroxylation is 1. The first-order chi connectivity index (χ1) is 11.2. The van der Waals surface area contributed by atoms with Gasteiger partial charge in [-0.25, -0.2) is 4.39 Å². The number of hydrogen-bond acceptors (Lipinski definition) is 3. The molecule has 4 aromatic rings. The van der Waals surface area contributed by atoms with Gasteiger partial charge in [-0.3, -0.25) is 4.98 Å². The summed E-state index contributed by atoms with van der Waals surface area (Å²) in [6, 6.07) is 14.5. The molecule has 0 unspecified atom stereocenters. The van der Waals surface area contributed by atoms with Crippen molar-refractivity contribution in [2.24, 2.45) is 0 Å². The van der Waals surface area contributed by atoms with Gasteiger partial charge in [-0.1, -0.05) is 6.07 Å². The minimum Gasteiger partial charge on any atom is -0.455 e. The molecule has 3 nitrogen and oxygen atoms in total. The highest BCUT2D eigenvalue weighted by atomic mass is 19.1. The summed E-state index contributed by atoms with van der Waals surface area (Å²) in [6.07, 6.45) is 1.75. The lowest BCUT2D eigenvalue weighted by molar-refractivity contribution is 0.614. The minimum absolute atomic E-state index is 0.0595. The number of nitrogens with zero attached hydrogens (tertiary/aromatic N) is 2. The lowest BCUT2D eigenvalue weighted by Gasteiger charge is -2.05. The molecule has 0 aliphatic carbocycles. The van der Waals surface area contributed by atoms with Gasteiger partial charge in [-0.2, -0.15) is 5.26 Å². The van der Waals surface area contributed by atoms with Gasteiger partial charge in [0, 0.05) is 22.5 Å². The van der Waals surface area contributed by atoms with Crippen LogP contribution in [-0.4, -0.2) is 4.98 Å². The molecule has 0 radical (unpaired) electrons. The SMILES string of the molecule is Cc1cc2oc3c(C#N)c(F)ccc3c2cc1-c1ccccn1. The van der Waals surface area contributed by atoms with Crippen LogP contribution in [0.1, 0.15) is 11.1 Å². The molecule has 0 bridgehead atoms. The standard InChI is InChI=1S/C19H11FN2O/c1-11-8-18-14(9-13(11)17-4-2-3-7-22-17)12-5-6-16(20)15(10-21)19(12)23-18/h2-9H,1H3. The van der Waals surface area contributed by atoms with Gasteiger partial charge in [-0.05, 0) is 48.9 Å². The number of fused-ring (bicyclic) bond motifs is 3. The Hall–Kier alpha value is -3.19. The monoisotopic (exact) mass is 302 g/mol. The highest BCUT2D eigenvalue weighted by Crippen LogP contribution is 2.35. The summed E-state index contributed by atoms with van der Waals surface area (Å²) in [5, 5.41) is 10.8. The number of aromatic nitrogens is 1. The van der Waals surface area contributed by atoms with Crippen molar-refractivity contribution in [2.45, 2.75) is 6.92 Å². The number of nitriles is 1. The van der Waals surface area contributed by atoms with Crippen LogP contribution in [-0.2, 0) is 0 Å². The molecule has 4 heteroatoms. The summed E-state index contributed by atoms with van der Waals surface area (Å²) in [6.45, 7) is 1.97. The number of hydrogen-bond donors (Lipinski definition) is 0. The summed E-state index contributed by atoms with van der Waals surface area (Å²) in [7, 11) is 0. The Morgan fingerprint density at radius 2 is 2.00 bits per heavy atom. The van der Waals surface area contributed by atoms with Gasteiger partial charge in [0.1, 0.15) is 23.0 Å². The second-order valence-corrected chi connectivity index (χ2v) is 5.39. The molecule has 0 saturated heterocycles. The number of rotatable bonds is 1. The van der Waals surface area contributed by atoms with Crippen molar-refractivity contribution in [3.63, 3.8) is 0 Å². The number of benzene rings is 2. The van der Waals surface area contributed by atoms with E-state index in [-0.39, 0.29) is 5.56 Å². The minimum atomic E-state index is -0.569. The maximum atomic E-state index is 13.8. The summed E-state index contributed by atoms with van der Waals surface area (Å²) in [4.78, 5) is 4.39. The van der Waals surface area contributed by atoms with Crippen LogP contribution in [0.4, 0.5) is 4.39 Å². The fourth-order valence-corrected chi connectivity index (χ4v) is 2.87. The lowest BCUT2D eigenvalue weighted by Crippen LogP contribution is -1.86. The van der Waals surface area contributed by atoms with Gasteiger partial charge in [0.25, 0.3) is 0 Å². The van der Waals surface area contributed by atoms with E-state index in [1.165, 1.54) is 6.07 Å².